The quantitative estimate of drug-likeness (QED) is 0.331. The smallest absolute Gasteiger partial charge is 0.160 e. The molecular weight excluding hydrogens is 525 g/mol. The predicted molar refractivity (Wildman–Crippen MR) is 161 cm³/mol. The van der Waals surface area contributed by atoms with E-state index in [0.717, 1.165) is 60.2 Å². The minimum absolute atomic E-state index is 0. The lowest BCUT2D eigenvalue weighted by molar-refractivity contribution is 0.134. The average Bonchev–Trinajstić information content (AvgIpc) is 3.27. The summed E-state index contributed by atoms with van der Waals surface area (Å²) in [7, 11) is 0. The Morgan fingerprint density at radius 2 is 1.65 bits per heavy atom. The van der Waals surface area contributed by atoms with E-state index in [4.69, 9.17) is 9.97 Å². The van der Waals surface area contributed by atoms with E-state index in [9.17, 15) is 0 Å². The molecule has 0 unspecified atom stereocenters. The van der Waals surface area contributed by atoms with Gasteiger partial charge in [0.25, 0.3) is 0 Å². The van der Waals surface area contributed by atoms with Crippen LogP contribution in [0.25, 0.3) is 17.2 Å². The van der Waals surface area contributed by atoms with Gasteiger partial charge in [-0.05, 0) is 61.8 Å². The third-order valence-electron chi connectivity index (χ3n) is 8.05. The fraction of sp³-hybridized carbons (Fsp3) is 0.517. The lowest BCUT2D eigenvalue weighted by Crippen LogP contribution is -2.46. The van der Waals surface area contributed by atoms with Gasteiger partial charge >= 0.3 is 0 Å². The zero-order chi connectivity index (χ0) is 23.2. The molecule has 2 bridgehead atoms. The number of piperazine rings is 1. The van der Waals surface area contributed by atoms with Gasteiger partial charge in [0.15, 0.2) is 5.65 Å². The maximum Gasteiger partial charge on any atom is 0.160 e. The number of hydrogen-bond donors (Lipinski definition) is 0. The van der Waals surface area contributed by atoms with Crippen LogP contribution in [0.2, 0.25) is 0 Å². The van der Waals surface area contributed by atoms with Gasteiger partial charge in [-0.2, -0.15) is 0 Å². The third-order valence-corrected chi connectivity index (χ3v) is 8.05. The van der Waals surface area contributed by atoms with Crippen molar-refractivity contribution in [3.05, 3.63) is 64.6 Å². The molecule has 0 amide bonds. The first-order valence-electron chi connectivity index (χ1n) is 13.1. The molecule has 4 heterocycles. The Bertz CT molecular complexity index is 1220. The van der Waals surface area contributed by atoms with Crippen LogP contribution in [0.5, 0.6) is 0 Å². The van der Waals surface area contributed by atoms with Gasteiger partial charge in [0, 0.05) is 50.4 Å². The van der Waals surface area contributed by atoms with Crippen LogP contribution in [-0.4, -0.2) is 62.6 Å². The van der Waals surface area contributed by atoms with Gasteiger partial charge in [0.1, 0.15) is 11.3 Å². The molecule has 202 valence electrons. The van der Waals surface area contributed by atoms with Crippen LogP contribution in [-0.2, 0) is 13.0 Å². The zero-order valence-corrected chi connectivity index (χ0v) is 24.5. The molecule has 8 heteroatoms. The number of likely N-dealkylation sites (tertiary alicyclic amines) is 2. The van der Waals surface area contributed by atoms with Crippen molar-refractivity contribution in [1.29, 1.82) is 0 Å². The average molecular weight is 565 g/mol. The first-order valence-corrected chi connectivity index (χ1v) is 13.1. The summed E-state index contributed by atoms with van der Waals surface area (Å²) in [5, 5.41) is 0. The van der Waals surface area contributed by atoms with Crippen LogP contribution >= 0.6 is 37.2 Å². The summed E-state index contributed by atoms with van der Waals surface area (Å²) in [6.07, 6.45) is 9.87. The van der Waals surface area contributed by atoms with Crippen LogP contribution in [0, 0.1) is 19.8 Å². The molecule has 2 saturated heterocycles. The Morgan fingerprint density at radius 3 is 2.30 bits per heavy atom. The van der Waals surface area contributed by atoms with Gasteiger partial charge < -0.3 is 4.57 Å². The number of imidazole rings is 1. The van der Waals surface area contributed by atoms with Gasteiger partial charge in [0.2, 0.25) is 0 Å². The Hall–Kier alpha value is -1.63. The summed E-state index contributed by atoms with van der Waals surface area (Å²) in [5.74, 6) is 2.12. The normalized spacial score (nSPS) is 21.3. The van der Waals surface area contributed by atoms with Gasteiger partial charge in [-0.25, -0.2) is 9.97 Å². The predicted octanol–water partition coefficient (Wildman–Crippen LogP) is 6.11. The molecule has 3 aliphatic rings. The number of aromatic nitrogens is 3. The van der Waals surface area contributed by atoms with Crippen LogP contribution in [0.15, 0.2) is 36.4 Å². The van der Waals surface area contributed by atoms with E-state index in [1.807, 2.05) is 0 Å². The van der Waals surface area contributed by atoms with Crippen LogP contribution < -0.4 is 0 Å². The minimum atomic E-state index is 0. The molecule has 37 heavy (non-hydrogen) atoms. The van der Waals surface area contributed by atoms with Crippen molar-refractivity contribution < 1.29 is 0 Å². The molecule has 3 fully saturated rings. The van der Waals surface area contributed by atoms with Crippen molar-refractivity contribution in [1.82, 2.24) is 24.3 Å². The van der Waals surface area contributed by atoms with E-state index in [1.165, 1.54) is 55.6 Å². The van der Waals surface area contributed by atoms with Crippen molar-refractivity contribution in [2.45, 2.75) is 65.1 Å². The molecule has 6 rings (SSSR count). The van der Waals surface area contributed by atoms with Gasteiger partial charge in [0.05, 0.1) is 6.54 Å². The van der Waals surface area contributed by atoms with Crippen LogP contribution in [0.4, 0.5) is 0 Å². The summed E-state index contributed by atoms with van der Waals surface area (Å²) in [4.78, 5) is 15.2. The summed E-state index contributed by atoms with van der Waals surface area (Å²) in [6, 6.07) is 12.7. The highest BCUT2D eigenvalue weighted by Gasteiger charge is 2.43. The fourth-order valence-electron chi connectivity index (χ4n) is 6.04. The van der Waals surface area contributed by atoms with E-state index < -0.39 is 0 Å². The first-order chi connectivity index (χ1) is 16.6. The molecule has 2 aliphatic heterocycles. The summed E-state index contributed by atoms with van der Waals surface area (Å²) in [6.45, 7) is 12.2. The number of pyridine rings is 1. The largest absolute Gasteiger partial charge is 0.308 e. The fourth-order valence-corrected chi connectivity index (χ4v) is 6.04. The van der Waals surface area contributed by atoms with Gasteiger partial charge in [-0.1, -0.05) is 43.3 Å². The van der Waals surface area contributed by atoms with E-state index in [-0.39, 0.29) is 37.2 Å². The van der Waals surface area contributed by atoms with Crippen molar-refractivity contribution in [3.63, 3.8) is 0 Å². The summed E-state index contributed by atoms with van der Waals surface area (Å²) >= 11 is 0. The standard InChI is InChI=1S/C29H37N5.3ClH/c1-4-27-31-28-20(2)14-21(3)30-29(28)34(27)17-24-9-7-22(8-10-24)6-5-13-32-18-26-15-25(32)19-33(26)16-23-11-12-23;;;/h5-10,14,23,25-26H,4,11-13,15-19H2,1-3H3;3*1H/b6-5+;;;/t25-,26-;;;/m1.../s1. The number of hydrogen-bond acceptors (Lipinski definition) is 4. The molecule has 1 aromatic carbocycles. The molecule has 0 N–H and O–H groups in total. The highest BCUT2D eigenvalue weighted by Crippen LogP contribution is 2.36. The second-order valence-corrected chi connectivity index (χ2v) is 10.8. The highest BCUT2D eigenvalue weighted by molar-refractivity contribution is 5.86. The number of benzene rings is 1. The Balaban J connectivity index is 0.00000127. The molecule has 2 atom stereocenters. The molecule has 1 saturated carbocycles. The minimum Gasteiger partial charge on any atom is -0.308 e. The SMILES string of the molecule is CCc1nc2c(C)cc(C)nc2n1Cc1ccc(/C=C/CN2C[C@H]3C[C@@H]2CN3CC2CC2)cc1.Cl.Cl.Cl. The maximum atomic E-state index is 4.88. The second kappa shape index (κ2) is 12.5. The van der Waals surface area contributed by atoms with E-state index in [0.29, 0.717) is 0 Å². The summed E-state index contributed by atoms with van der Waals surface area (Å²) < 4.78 is 2.29. The first kappa shape index (κ1) is 29.9. The number of nitrogens with zero attached hydrogens (tertiary/aromatic N) is 5. The number of aryl methyl sites for hydroxylation is 3. The molecule has 3 aromatic rings. The number of fused-ring (bicyclic) bond motifs is 3. The summed E-state index contributed by atoms with van der Waals surface area (Å²) in [5.41, 5.74) is 6.87. The Labute approximate surface area is 240 Å². The molecule has 0 spiro atoms. The van der Waals surface area contributed by atoms with Gasteiger partial charge in [-0.3, -0.25) is 9.80 Å². The van der Waals surface area contributed by atoms with Crippen molar-refractivity contribution in [3.8, 4) is 0 Å². The van der Waals surface area contributed by atoms with Crippen molar-refractivity contribution in [2.24, 2.45) is 5.92 Å². The maximum absolute atomic E-state index is 4.88. The van der Waals surface area contributed by atoms with Gasteiger partial charge in [-0.15, -0.1) is 37.2 Å². The zero-order valence-electron chi connectivity index (χ0n) is 22.1. The van der Waals surface area contributed by atoms with Crippen molar-refractivity contribution >= 4 is 54.5 Å². The van der Waals surface area contributed by atoms with E-state index in [1.54, 1.807) is 0 Å². The Morgan fingerprint density at radius 1 is 0.946 bits per heavy atom. The van der Waals surface area contributed by atoms with Crippen LogP contribution in [0.3, 0.4) is 0 Å². The number of rotatable bonds is 8. The molecule has 5 nitrogen and oxygen atoms in total. The topological polar surface area (TPSA) is 37.2 Å². The van der Waals surface area contributed by atoms with Crippen LogP contribution in [0.1, 0.15) is 54.4 Å². The molecule has 0 radical (unpaired) electrons. The number of halogens is 3. The third kappa shape index (κ3) is 6.34. The lowest BCUT2D eigenvalue weighted by Gasteiger charge is -2.33. The monoisotopic (exact) mass is 563 g/mol. The van der Waals surface area contributed by atoms with Crippen molar-refractivity contribution in [2.75, 3.05) is 26.2 Å². The molecule has 1 aliphatic carbocycles. The molecule has 2 aromatic heterocycles. The Kier molecular flexibility index (Phi) is 10.1. The van der Waals surface area contributed by atoms with E-state index in [2.05, 4.69) is 77.6 Å². The lowest BCUT2D eigenvalue weighted by atomic mass is 10.1. The molecular formula is C29H40Cl3N5. The second-order valence-electron chi connectivity index (χ2n) is 10.8. The highest BCUT2D eigenvalue weighted by atomic mass is 35.5. The van der Waals surface area contributed by atoms with E-state index >= 15 is 0 Å².